The Bertz CT molecular complexity index is 747. The van der Waals surface area contributed by atoms with Crippen molar-refractivity contribution in [1.29, 1.82) is 0 Å². The lowest BCUT2D eigenvalue weighted by Crippen LogP contribution is -2.37. The number of aryl methyl sites for hydroxylation is 1. The predicted molar refractivity (Wildman–Crippen MR) is 104 cm³/mol. The third-order valence-corrected chi connectivity index (χ3v) is 5.20. The number of hydrogen-bond acceptors (Lipinski definition) is 5. The molecule has 1 aromatic carbocycles. The first-order chi connectivity index (χ1) is 12.7. The van der Waals surface area contributed by atoms with Gasteiger partial charge in [-0.05, 0) is 31.2 Å². The Morgan fingerprint density at radius 2 is 2.08 bits per heavy atom. The first-order valence-electron chi connectivity index (χ1n) is 9.08. The van der Waals surface area contributed by atoms with E-state index >= 15 is 0 Å². The van der Waals surface area contributed by atoms with Crippen molar-refractivity contribution in [3.05, 3.63) is 35.9 Å². The number of para-hydroxylation sites is 2. The fourth-order valence-corrected chi connectivity index (χ4v) is 3.57. The summed E-state index contributed by atoms with van der Waals surface area (Å²) < 4.78 is 7.38. The van der Waals surface area contributed by atoms with Crippen LogP contribution in [-0.2, 0) is 17.6 Å². The summed E-state index contributed by atoms with van der Waals surface area (Å²) in [5.74, 6) is 3.72. The Hall–Kier alpha value is -2.02. The highest BCUT2D eigenvalue weighted by atomic mass is 32.2. The number of aromatic nitrogens is 3. The molecule has 1 fully saturated rings. The molecule has 0 radical (unpaired) electrons. The van der Waals surface area contributed by atoms with Crippen LogP contribution in [0.25, 0.3) is 5.69 Å². The van der Waals surface area contributed by atoms with Gasteiger partial charge in [0.15, 0.2) is 5.82 Å². The Labute approximate surface area is 158 Å². The maximum atomic E-state index is 12.1. The number of thioether (sulfide) groups is 1. The summed E-state index contributed by atoms with van der Waals surface area (Å²) in [6.07, 6.45) is 6.36. The number of rotatable bonds is 8. The summed E-state index contributed by atoms with van der Waals surface area (Å²) in [7, 11) is 1.66. The van der Waals surface area contributed by atoms with Gasteiger partial charge in [-0.3, -0.25) is 4.79 Å². The monoisotopic (exact) mass is 374 g/mol. The molecule has 1 aliphatic rings. The third-order valence-electron chi connectivity index (χ3n) is 4.59. The second kappa shape index (κ2) is 9.07. The Morgan fingerprint density at radius 3 is 2.85 bits per heavy atom. The number of carbonyl (C=O) groups excluding carboxylic acids is 1. The Balaban J connectivity index is 1.84. The summed E-state index contributed by atoms with van der Waals surface area (Å²) in [6, 6.07) is 7.83. The van der Waals surface area contributed by atoms with Crippen molar-refractivity contribution in [1.82, 2.24) is 19.7 Å². The Morgan fingerprint density at radius 1 is 1.23 bits per heavy atom. The second-order valence-electron chi connectivity index (χ2n) is 6.36. The number of methoxy groups -OCH3 is 1. The van der Waals surface area contributed by atoms with Crippen LogP contribution in [0.5, 0.6) is 5.75 Å². The van der Waals surface area contributed by atoms with Gasteiger partial charge in [0.1, 0.15) is 17.3 Å². The van der Waals surface area contributed by atoms with Gasteiger partial charge in [0.2, 0.25) is 5.91 Å². The molecule has 2 heterocycles. The minimum atomic E-state index is 0.252. The number of ether oxygens (including phenoxy) is 1. The predicted octanol–water partition coefficient (Wildman–Crippen LogP) is 2.74. The summed E-state index contributed by atoms with van der Waals surface area (Å²) in [5.41, 5.74) is 0.887. The molecule has 0 saturated carbocycles. The van der Waals surface area contributed by atoms with Crippen molar-refractivity contribution >= 4 is 17.7 Å². The summed E-state index contributed by atoms with van der Waals surface area (Å²) in [4.78, 5) is 18.8. The highest BCUT2D eigenvalue weighted by Crippen LogP contribution is 2.23. The van der Waals surface area contributed by atoms with Gasteiger partial charge >= 0.3 is 0 Å². The van der Waals surface area contributed by atoms with Gasteiger partial charge < -0.3 is 9.64 Å². The van der Waals surface area contributed by atoms with Crippen molar-refractivity contribution in [2.75, 3.05) is 32.2 Å². The summed E-state index contributed by atoms with van der Waals surface area (Å²) >= 11 is 1.78. The first kappa shape index (κ1) is 18.8. The van der Waals surface area contributed by atoms with E-state index < -0.39 is 0 Å². The van der Waals surface area contributed by atoms with Crippen molar-refractivity contribution in [2.24, 2.45) is 0 Å². The van der Waals surface area contributed by atoms with E-state index in [1.54, 1.807) is 18.9 Å². The molecule has 1 saturated heterocycles. The van der Waals surface area contributed by atoms with Crippen LogP contribution in [-0.4, -0.2) is 57.8 Å². The van der Waals surface area contributed by atoms with Crippen molar-refractivity contribution in [3.8, 4) is 11.4 Å². The van der Waals surface area contributed by atoms with E-state index in [1.807, 2.05) is 33.8 Å². The van der Waals surface area contributed by atoms with Crippen LogP contribution in [0.3, 0.4) is 0 Å². The van der Waals surface area contributed by atoms with Crippen molar-refractivity contribution in [3.63, 3.8) is 0 Å². The molecule has 7 heteroatoms. The molecule has 0 aliphatic carbocycles. The average molecular weight is 375 g/mol. The maximum Gasteiger partial charge on any atom is 0.222 e. The van der Waals surface area contributed by atoms with Gasteiger partial charge in [-0.2, -0.15) is 16.9 Å². The fourth-order valence-electron chi connectivity index (χ4n) is 3.18. The van der Waals surface area contributed by atoms with E-state index in [2.05, 4.69) is 6.26 Å². The largest absolute Gasteiger partial charge is 0.494 e. The van der Waals surface area contributed by atoms with E-state index in [4.69, 9.17) is 14.8 Å². The topological polar surface area (TPSA) is 60.2 Å². The zero-order chi connectivity index (χ0) is 18.4. The van der Waals surface area contributed by atoms with Crippen LogP contribution >= 0.6 is 11.8 Å². The lowest BCUT2D eigenvalue weighted by molar-refractivity contribution is -0.133. The maximum absolute atomic E-state index is 12.1. The number of nitrogens with zero attached hydrogens (tertiary/aromatic N) is 4. The molecular weight excluding hydrogens is 348 g/mol. The van der Waals surface area contributed by atoms with Gasteiger partial charge in [-0.15, -0.1) is 0 Å². The highest BCUT2D eigenvalue weighted by molar-refractivity contribution is 7.98. The molecule has 0 N–H and O–H groups in total. The zero-order valence-electron chi connectivity index (χ0n) is 15.5. The summed E-state index contributed by atoms with van der Waals surface area (Å²) in [5, 5.41) is 4.72. The molecule has 1 aromatic heterocycles. The lowest BCUT2D eigenvalue weighted by atomic mass is 10.1. The molecule has 1 aliphatic heterocycles. The number of piperidine rings is 1. The number of hydrogen-bond donors (Lipinski definition) is 0. The van der Waals surface area contributed by atoms with Crippen molar-refractivity contribution < 1.29 is 9.53 Å². The summed E-state index contributed by atoms with van der Waals surface area (Å²) in [6.45, 7) is 1.54. The standard InChI is InChI=1S/C19H26N4O2S/c1-25-16-8-4-3-7-15(16)23-18(20-17(21-23)11-14-26-2)10-13-22-12-6-5-9-19(22)24/h3-4,7-8H,5-6,9-14H2,1-2H3. The molecule has 0 unspecified atom stereocenters. The molecule has 1 amide bonds. The van der Waals surface area contributed by atoms with Crippen LogP contribution in [0.15, 0.2) is 24.3 Å². The van der Waals surface area contributed by atoms with Crippen LogP contribution in [0.2, 0.25) is 0 Å². The molecule has 6 nitrogen and oxygen atoms in total. The van der Waals surface area contributed by atoms with Crippen LogP contribution in [0, 0.1) is 0 Å². The van der Waals surface area contributed by atoms with E-state index in [1.165, 1.54) is 0 Å². The SMILES string of the molecule is COc1ccccc1-n1nc(CCSC)nc1CCN1CCCCC1=O. The molecule has 140 valence electrons. The highest BCUT2D eigenvalue weighted by Gasteiger charge is 2.20. The molecule has 3 rings (SSSR count). The molecule has 0 atom stereocenters. The van der Waals surface area contributed by atoms with E-state index in [0.717, 1.165) is 54.6 Å². The molecule has 26 heavy (non-hydrogen) atoms. The van der Waals surface area contributed by atoms with Crippen LogP contribution in [0.1, 0.15) is 30.9 Å². The molecule has 0 bridgehead atoms. The minimum Gasteiger partial charge on any atom is -0.494 e. The Kier molecular flexibility index (Phi) is 6.55. The average Bonchev–Trinajstić information content (AvgIpc) is 3.08. The van der Waals surface area contributed by atoms with Gasteiger partial charge in [0.25, 0.3) is 0 Å². The van der Waals surface area contributed by atoms with Gasteiger partial charge in [0.05, 0.1) is 7.11 Å². The van der Waals surface area contributed by atoms with Crippen LogP contribution < -0.4 is 4.74 Å². The number of likely N-dealkylation sites (tertiary alicyclic amines) is 1. The fraction of sp³-hybridized carbons (Fsp3) is 0.526. The van der Waals surface area contributed by atoms with E-state index in [-0.39, 0.29) is 5.91 Å². The van der Waals surface area contributed by atoms with Gasteiger partial charge in [0, 0.05) is 38.1 Å². The van der Waals surface area contributed by atoms with Crippen LogP contribution in [0.4, 0.5) is 0 Å². The number of carbonyl (C=O) groups is 1. The molecular formula is C19H26N4O2S. The van der Waals surface area contributed by atoms with Crippen molar-refractivity contribution in [2.45, 2.75) is 32.1 Å². The van der Waals surface area contributed by atoms with Gasteiger partial charge in [-0.25, -0.2) is 9.67 Å². The molecule has 0 spiro atoms. The lowest BCUT2D eigenvalue weighted by Gasteiger charge is -2.26. The quantitative estimate of drug-likeness (QED) is 0.711. The third kappa shape index (κ3) is 4.38. The minimum absolute atomic E-state index is 0.252. The number of amides is 1. The first-order valence-corrected chi connectivity index (χ1v) is 10.5. The number of benzene rings is 1. The van der Waals surface area contributed by atoms with Gasteiger partial charge in [-0.1, -0.05) is 12.1 Å². The van der Waals surface area contributed by atoms with E-state index in [9.17, 15) is 4.79 Å². The smallest absolute Gasteiger partial charge is 0.222 e. The zero-order valence-corrected chi connectivity index (χ0v) is 16.3. The normalized spacial score (nSPS) is 14.7. The second-order valence-corrected chi connectivity index (χ2v) is 7.34. The van der Waals surface area contributed by atoms with E-state index in [0.29, 0.717) is 19.4 Å². The molecule has 2 aromatic rings.